The summed E-state index contributed by atoms with van der Waals surface area (Å²) in [6.07, 6.45) is 2.03. The molecular formula is C17H26N4O. The fourth-order valence-electron chi connectivity index (χ4n) is 2.75. The van der Waals surface area contributed by atoms with Gasteiger partial charge in [0.2, 0.25) is 0 Å². The molecule has 2 heterocycles. The molecule has 1 amide bonds. The van der Waals surface area contributed by atoms with E-state index in [0.29, 0.717) is 5.56 Å². The van der Waals surface area contributed by atoms with Crippen LogP contribution in [0.3, 0.4) is 0 Å². The zero-order chi connectivity index (χ0) is 16.4. The highest BCUT2D eigenvalue weighted by molar-refractivity contribution is 6.06. The van der Waals surface area contributed by atoms with E-state index in [-0.39, 0.29) is 17.9 Å². The monoisotopic (exact) mass is 302 g/mol. The lowest BCUT2D eigenvalue weighted by Gasteiger charge is -2.15. The molecule has 22 heavy (non-hydrogen) atoms. The predicted octanol–water partition coefficient (Wildman–Crippen LogP) is 3.32. The Hall–Kier alpha value is -1.91. The Kier molecular flexibility index (Phi) is 4.84. The van der Waals surface area contributed by atoms with Crippen LogP contribution in [-0.2, 0) is 7.05 Å². The predicted molar refractivity (Wildman–Crippen MR) is 89.2 cm³/mol. The van der Waals surface area contributed by atoms with E-state index in [1.807, 2.05) is 27.0 Å². The second-order valence-corrected chi connectivity index (χ2v) is 6.32. The van der Waals surface area contributed by atoms with Crippen molar-refractivity contribution in [3.8, 4) is 0 Å². The lowest BCUT2D eigenvalue weighted by atomic mass is 10.0. The molecule has 120 valence electrons. The second-order valence-electron chi connectivity index (χ2n) is 6.32. The first-order valence-corrected chi connectivity index (χ1v) is 8.00. The van der Waals surface area contributed by atoms with E-state index in [1.54, 1.807) is 4.68 Å². The summed E-state index contributed by atoms with van der Waals surface area (Å²) in [6.45, 7) is 10.2. The van der Waals surface area contributed by atoms with Gasteiger partial charge in [0.1, 0.15) is 0 Å². The lowest BCUT2D eigenvalue weighted by molar-refractivity contribution is 0.0939. The summed E-state index contributed by atoms with van der Waals surface area (Å²) in [6, 6.07) is 2.08. The molecule has 5 heteroatoms. The number of hydrogen-bond acceptors (Lipinski definition) is 3. The maximum Gasteiger partial charge on any atom is 0.252 e. The molecule has 0 saturated carbocycles. The van der Waals surface area contributed by atoms with Gasteiger partial charge in [-0.3, -0.25) is 9.48 Å². The first kappa shape index (κ1) is 16.5. The number of aryl methyl sites for hydroxylation is 2. The van der Waals surface area contributed by atoms with Gasteiger partial charge in [-0.05, 0) is 32.3 Å². The van der Waals surface area contributed by atoms with Crippen LogP contribution in [0.1, 0.15) is 68.2 Å². The summed E-state index contributed by atoms with van der Waals surface area (Å²) in [5.41, 5.74) is 3.22. The van der Waals surface area contributed by atoms with E-state index in [9.17, 15) is 4.79 Å². The molecule has 0 aliphatic carbocycles. The molecule has 5 nitrogen and oxygen atoms in total. The van der Waals surface area contributed by atoms with Crippen LogP contribution < -0.4 is 5.32 Å². The summed E-state index contributed by atoms with van der Waals surface area (Å²) in [7, 11) is 1.87. The molecule has 0 aromatic carbocycles. The minimum atomic E-state index is -0.0358. The van der Waals surface area contributed by atoms with Gasteiger partial charge in [0.25, 0.3) is 5.91 Å². The van der Waals surface area contributed by atoms with Crippen molar-refractivity contribution in [2.45, 2.75) is 59.4 Å². The minimum Gasteiger partial charge on any atom is -0.350 e. The number of pyridine rings is 1. The third kappa shape index (κ3) is 3.13. The van der Waals surface area contributed by atoms with Crippen molar-refractivity contribution >= 4 is 16.9 Å². The van der Waals surface area contributed by atoms with E-state index < -0.39 is 0 Å². The Morgan fingerprint density at radius 2 is 2.05 bits per heavy atom. The van der Waals surface area contributed by atoms with Gasteiger partial charge in [0.05, 0.1) is 16.6 Å². The zero-order valence-corrected chi connectivity index (χ0v) is 14.4. The normalized spacial score (nSPS) is 12.9. The molecule has 2 aromatic rings. The van der Waals surface area contributed by atoms with Crippen molar-refractivity contribution < 1.29 is 4.79 Å². The summed E-state index contributed by atoms with van der Waals surface area (Å²) >= 11 is 0. The van der Waals surface area contributed by atoms with Gasteiger partial charge in [-0.1, -0.05) is 27.2 Å². The number of nitrogens with zero attached hydrogens (tertiary/aromatic N) is 3. The van der Waals surface area contributed by atoms with Crippen LogP contribution in [0, 0.1) is 6.92 Å². The van der Waals surface area contributed by atoms with Crippen LogP contribution in [0.4, 0.5) is 0 Å². The molecule has 1 N–H and O–H groups in total. The third-order valence-electron chi connectivity index (χ3n) is 3.92. The summed E-state index contributed by atoms with van der Waals surface area (Å²) < 4.78 is 1.75. The van der Waals surface area contributed by atoms with Gasteiger partial charge in [-0.2, -0.15) is 5.10 Å². The number of rotatable bonds is 5. The zero-order valence-electron chi connectivity index (χ0n) is 14.4. The van der Waals surface area contributed by atoms with Crippen molar-refractivity contribution in [1.82, 2.24) is 20.1 Å². The molecule has 0 saturated heterocycles. The molecule has 1 atom stereocenters. The first-order valence-electron chi connectivity index (χ1n) is 8.00. The molecule has 1 unspecified atom stereocenters. The van der Waals surface area contributed by atoms with Gasteiger partial charge in [-0.25, -0.2) is 4.98 Å². The molecule has 0 aliphatic heterocycles. The molecule has 0 radical (unpaired) electrons. The van der Waals surface area contributed by atoms with Crippen LogP contribution in [0.5, 0.6) is 0 Å². The van der Waals surface area contributed by atoms with E-state index in [1.165, 1.54) is 0 Å². The summed E-state index contributed by atoms with van der Waals surface area (Å²) in [5.74, 6) is 0.227. The number of aromatic nitrogens is 3. The number of carbonyl (C=O) groups is 1. The fraction of sp³-hybridized carbons (Fsp3) is 0.588. The summed E-state index contributed by atoms with van der Waals surface area (Å²) in [5, 5.41) is 8.37. The van der Waals surface area contributed by atoms with E-state index in [0.717, 1.165) is 35.3 Å². The lowest BCUT2D eigenvalue weighted by Crippen LogP contribution is -2.32. The topological polar surface area (TPSA) is 59.8 Å². The summed E-state index contributed by atoms with van der Waals surface area (Å²) in [4.78, 5) is 17.4. The van der Waals surface area contributed by atoms with E-state index in [2.05, 4.69) is 36.2 Å². The highest BCUT2D eigenvalue weighted by atomic mass is 16.1. The fourth-order valence-corrected chi connectivity index (χ4v) is 2.75. The van der Waals surface area contributed by atoms with Crippen LogP contribution in [-0.4, -0.2) is 26.7 Å². The van der Waals surface area contributed by atoms with Gasteiger partial charge >= 0.3 is 0 Å². The van der Waals surface area contributed by atoms with E-state index in [4.69, 9.17) is 0 Å². The Morgan fingerprint density at radius 3 is 2.64 bits per heavy atom. The van der Waals surface area contributed by atoms with Crippen molar-refractivity contribution in [2.75, 3.05) is 0 Å². The molecule has 2 rings (SSSR count). The third-order valence-corrected chi connectivity index (χ3v) is 3.92. The smallest absolute Gasteiger partial charge is 0.252 e. The van der Waals surface area contributed by atoms with Gasteiger partial charge < -0.3 is 5.32 Å². The standard InChI is InChI=1S/C17H26N4O/c1-7-8-11(4)18-17(22)13-9-14(10(2)3)19-16-15(13)12(5)20-21(16)6/h9-11H,7-8H2,1-6H3,(H,18,22). The second kappa shape index (κ2) is 6.46. The molecular weight excluding hydrogens is 276 g/mol. The molecule has 2 aromatic heterocycles. The van der Waals surface area contributed by atoms with Gasteiger partial charge in [-0.15, -0.1) is 0 Å². The Bertz CT molecular complexity index is 688. The number of hydrogen-bond donors (Lipinski definition) is 1. The molecule has 0 fully saturated rings. The largest absolute Gasteiger partial charge is 0.350 e. The average Bonchev–Trinajstić information content (AvgIpc) is 2.73. The number of amides is 1. The maximum atomic E-state index is 12.7. The van der Waals surface area contributed by atoms with Crippen molar-refractivity contribution in [1.29, 1.82) is 0 Å². The maximum absolute atomic E-state index is 12.7. The number of nitrogens with one attached hydrogen (secondary N) is 1. The first-order chi connectivity index (χ1) is 10.3. The average molecular weight is 302 g/mol. The highest BCUT2D eigenvalue weighted by Gasteiger charge is 2.20. The molecule has 0 spiro atoms. The molecule has 0 aliphatic rings. The van der Waals surface area contributed by atoms with E-state index >= 15 is 0 Å². The quantitative estimate of drug-likeness (QED) is 0.921. The van der Waals surface area contributed by atoms with Crippen molar-refractivity contribution in [3.63, 3.8) is 0 Å². The highest BCUT2D eigenvalue weighted by Crippen LogP contribution is 2.25. The minimum absolute atomic E-state index is 0.0358. The molecule has 0 bridgehead atoms. The Morgan fingerprint density at radius 1 is 1.36 bits per heavy atom. The van der Waals surface area contributed by atoms with Crippen LogP contribution in [0.25, 0.3) is 11.0 Å². The van der Waals surface area contributed by atoms with Crippen LogP contribution in [0.2, 0.25) is 0 Å². The number of carbonyl (C=O) groups excluding carboxylic acids is 1. The van der Waals surface area contributed by atoms with Crippen molar-refractivity contribution in [2.24, 2.45) is 7.05 Å². The Labute approximate surface area is 132 Å². The SMILES string of the molecule is CCCC(C)NC(=O)c1cc(C(C)C)nc2c1c(C)nn2C. The van der Waals surface area contributed by atoms with Crippen molar-refractivity contribution in [3.05, 3.63) is 23.0 Å². The van der Waals surface area contributed by atoms with Gasteiger partial charge in [0.15, 0.2) is 5.65 Å². The van der Waals surface area contributed by atoms with Crippen LogP contribution >= 0.6 is 0 Å². The van der Waals surface area contributed by atoms with Gasteiger partial charge in [0, 0.05) is 18.8 Å². The van der Waals surface area contributed by atoms with Crippen LogP contribution in [0.15, 0.2) is 6.07 Å². The Balaban J connectivity index is 2.53. The number of fused-ring (bicyclic) bond motifs is 1.